The zero-order chi connectivity index (χ0) is 15.5. The molecule has 2 N–H and O–H groups in total. The largest absolute Gasteiger partial charge is 0.330 e. The number of rotatable bonds is 6. The minimum Gasteiger partial charge on any atom is -0.330 e. The molecule has 0 bridgehead atoms. The van der Waals surface area contributed by atoms with Crippen LogP contribution in [0.25, 0.3) is 0 Å². The minimum absolute atomic E-state index is 0.372. The van der Waals surface area contributed by atoms with Crippen molar-refractivity contribution in [2.45, 2.75) is 38.6 Å². The molecule has 0 aromatic carbocycles. The van der Waals surface area contributed by atoms with Crippen LogP contribution in [0.15, 0.2) is 0 Å². The molecule has 0 aromatic rings. The Morgan fingerprint density at radius 2 is 1.86 bits per heavy atom. The van der Waals surface area contributed by atoms with E-state index in [1.54, 1.807) is 15.7 Å². The maximum absolute atomic E-state index is 12.7. The van der Waals surface area contributed by atoms with Crippen LogP contribution in [0.3, 0.4) is 0 Å². The predicted molar refractivity (Wildman–Crippen MR) is 85.2 cm³/mol. The molecule has 1 unspecified atom stereocenters. The van der Waals surface area contributed by atoms with Crippen LogP contribution in [0, 0.1) is 5.92 Å². The van der Waals surface area contributed by atoms with E-state index in [4.69, 9.17) is 5.73 Å². The lowest BCUT2D eigenvalue weighted by Gasteiger charge is -2.35. The molecule has 2 fully saturated rings. The number of nitrogens with zero attached hydrogens (tertiary/aromatic N) is 3. The van der Waals surface area contributed by atoms with Crippen LogP contribution in [-0.2, 0) is 10.2 Å². The molecule has 0 saturated carbocycles. The number of hydrogen-bond acceptors (Lipinski definition) is 4. The molecular weight excluding hydrogens is 288 g/mol. The molecule has 2 aliphatic rings. The normalized spacial score (nSPS) is 26.8. The summed E-state index contributed by atoms with van der Waals surface area (Å²) in [4.78, 5) is 2.38. The van der Waals surface area contributed by atoms with Crippen molar-refractivity contribution in [3.63, 3.8) is 0 Å². The third-order valence-corrected chi connectivity index (χ3v) is 6.95. The molecule has 0 radical (unpaired) electrons. The smallest absolute Gasteiger partial charge is 0.281 e. The second-order valence-electron chi connectivity index (χ2n) is 6.29. The van der Waals surface area contributed by atoms with E-state index in [1.165, 1.54) is 6.42 Å². The number of likely N-dealkylation sites (tertiary alicyclic amines) is 1. The van der Waals surface area contributed by atoms with Gasteiger partial charge in [0.05, 0.1) is 0 Å². The maximum Gasteiger partial charge on any atom is 0.281 e. The van der Waals surface area contributed by atoms with Crippen LogP contribution in [0.4, 0.5) is 0 Å². The van der Waals surface area contributed by atoms with Gasteiger partial charge in [-0.2, -0.15) is 17.0 Å². The van der Waals surface area contributed by atoms with Crippen LogP contribution in [0.2, 0.25) is 0 Å². The molecule has 7 heteroatoms. The van der Waals surface area contributed by atoms with Gasteiger partial charge in [-0.3, -0.25) is 4.90 Å². The fraction of sp³-hybridized carbons (Fsp3) is 1.00. The van der Waals surface area contributed by atoms with E-state index >= 15 is 0 Å². The van der Waals surface area contributed by atoms with E-state index in [1.807, 2.05) is 0 Å². The molecule has 6 nitrogen and oxygen atoms in total. The summed E-state index contributed by atoms with van der Waals surface area (Å²) in [7, 11) is -1.59. The van der Waals surface area contributed by atoms with Crippen LogP contribution in [0.1, 0.15) is 32.6 Å². The SMILES string of the molecule is CCN1CCCC1CN(C)S(=O)(=O)N1CCC(CN)CC1. The van der Waals surface area contributed by atoms with Gasteiger partial charge >= 0.3 is 0 Å². The Bertz CT molecular complexity index is 421. The van der Waals surface area contributed by atoms with Gasteiger partial charge in [0, 0.05) is 32.7 Å². The van der Waals surface area contributed by atoms with Crippen molar-refractivity contribution in [2.24, 2.45) is 11.7 Å². The highest BCUT2D eigenvalue weighted by Crippen LogP contribution is 2.22. The molecular formula is C14H30N4O2S. The van der Waals surface area contributed by atoms with E-state index in [-0.39, 0.29) is 0 Å². The van der Waals surface area contributed by atoms with Crippen LogP contribution in [-0.4, -0.2) is 74.3 Å². The van der Waals surface area contributed by atoms with E-state index in [0.717, 1.165) is 32.4 Å². The van der Waals surface area contributed by atoms with Crippen molar-refractivity contribution in [1.82, 2.24) is 13.5 Å². The van der Waals surface area contributed by atoms with Crippen molar-refractivity contribution < 1.29 is 8.42 Å². The average Bonchev–Trinajstić information content (AvgIpc) is 2.94. The van der Waals surface area contributed by atoms with Gasteiger partial charge < -0.3 is 5.73 Å². The zero-order valence-corrected chi connectivity index (χ0v) is 14.2. The first-order chi connectivity index (χ1) is 9.98. The quantitative estimate of drug-likeness (QED) is 0.766. The summed E-state index contributed by atoms with van der Waals surface area (Å²) < 4.78 is 28.5. The second kappa shape index (κ2) is 7.37. The van der Waals surface area contributed by atoms with Gasteiger partial charge in [0.25, 0.3) is 10.2 Å². The van der Waals surface area contributed by atoms with Crippen LogP contribution >= 0.6 is 0 Å². The number of piperidine rings is 1. The van der Waals surface area contributed by atoms with Crippen LogP contribution < -0.4 is 5.73 Å². The van der Waals surface area contributed by atoms with Crippen molar-refractivity contribution in [3.8, 4) is 0 Å². The predicted octanol–water partition coefficient (Wildman–Crippen LogP) is 0.318. The fourth-order valence-electron chi connectivity index (χ4n) is 3.48. The fourth-order valence-corrected chi connectivity index (χ4v) is 4.91. The monoisotopic (exact) mass is 318 g/mol. The molecule has 0 amide bonds. The molecule has 2 saturated heterocycles. The summed E-state index contributed by atoms with van der Waals surface area (Å²) in [6, 6.07) is 0.372. The molecule has 2 heterocycles. The van der Waals surface area contributed by atoms with Gasteiger partial charge in [0.1, 0.15) is 0 Å². The lowest BCUT2D eigenvalue weighted by Crippen LogP contribution is -2.49. The van der Waals surface area contributed by atoms with Gasteiger partial charge in [-0.25, -0.2) is 0 Å². The topological polar surface area (TPSA) is 69.9 Å². The summed E-state index contributed by atoms with van der Waals surface area (Å²) in [5.74, 6) is 0.479. The van der Waals surface area contributed by atoms with Gasteiger partial charge in [-0.05, 0) is 51.2 Å². The Labute approximate surface area is 129 Å². The molecule has 21 heavy (non-hydrogen) atoms. The lowest BCUT2D eigenvalue weighted by molar-refractivity contribution is 0.222. The van der Waals surface area contributed by atoms with Crippen LogP contribution in [0.5, 0.6) is 0 Å². The molecule has 2 aliphatic heterocycles. The van der Waals surface area contributed by atoms with E-state index in [0.29, 0.717) is 38.1 Å². The number of hydrogen-bond donors (Lipinski definition) is 1. The van der Waals surface area contributed by atoms with Gasteiger partial charge in [0.15, 0.2) is 0 Å². The van der Waals surface area contributed by atoms with Crippen molar-refractivity contribution in [1.29, 1.82) is 0 Å². The molecule has 1 atom stereocenters. The summed E-state index contributed by atoms with van der Waals surface area (Å²) in [5, 5.41) is 0. The molecule has 0 spiro atoms. The van der Waals surface area contributed by atoms with E-state index in [2.05, 4.69) is 11.8 Å². The third kappa shape index (κ3) is 3.96. The first-order valence-corrected chi connectivity index (χ1v) is 9.54. The zero-order valence-electron chi connectivity index (χ0n) is 13.4. The number of likely N-dealkylation sites (N-methyl/N-ethyl adjacent to an activating group) is 2. The summed E-state index contributed by atoms with van der Waals surface area (Å²) in [6.45, 7) is 6.72. The highest BCUT2D eigenvalue weighted by Gasteiger charge is 2.33. The number of nitrogens with two attached hydrogens (primary N) is 1. The van der Waals surface area contributed by atoms with Gasteiger partial charge in [-0.1, -0.05) is 6.92 Å². The Morgan fingerprint density at radius 3 is 2.43 bits per heavy atom. The van der Waals surface area contributed by atoms with Gasteiger partial charge in [0.2, 0.25) is 0 Å². The second-order valence-corrected chi connectivity index (χ2v) is 8.33. The van der Waals surface area contributed by atoms with E-state index in [9.17, 15) is 8.42 Å². The highest BCUT2D eigenvalue weighted by atomic mass is 32.2. The van der Waals surface area contributed by atoms with Gasteiger partial charge in [-0.15, -0.1) is 0 Å². The standard InChI is InChI=1S/C14H30N4O2S/c1-3-17-8-4-5-14(17)12-16(2)21(19,20)18-9-6-13(11-15)7-10-18/h13-14H,3-12,15H2,1-2H3. The van der Waals surface area contributed by atoms with Crippen molar-refractivity contribution in [2.75, 3.05) is 46.3 Å². The molecule has 124 valence electrons. The highest BCUT2D eigenvalue weighted by molar-refractivity contribution is 7.86. The Hall–Kier alpha value is -0.210. The molecule has 2 rings (SSSR count). The van der Waals surface area contributed by atoms with Crippen molar-refractivity contribution in [3.05, 3.63) is 0 Å². The first-order valence-electron chi connectivity index (χ1n) is 8.14. The Kier molecular flexibility index (Phi) is 6.02. The van der Waals surface area contributed by atoms with E-state index < -0.39 is 10.2 Å². The molecule has 0 aromatic heterocycles. The molecule has 0 aliphatic carbocycles. The lowest BCUT2D eigenvalue weighted by atomic mass is 9.99. The minimum atomic E-state index is -3.31. The summed E-state index contributed by atoms with van der Waals surface area (Å²) >= 11 is 0. The Balaban J connectivity index is 1.92. The summed E-state index contributed by atoms with van der Waals surface area (Å²) in [5.41, 5.74) is 5.67. The van der Waals surface area contributed by atoms with Crippen molar-refractivity contribution >= 4 is 10.2 Å². The summed E-state index contributed by atoms with van der Waals surface area (Å²) in [6.07, 6.45) is 4.04. The first kappa shape index (κ1) is 17.1. The third-order valence-electron chi connectivity index (χ3n) is 5.00. The Morgan fingerprint density at radius 1 is 1.19 bits per heavy atom. The maximum atomic E-state index is 12.7. The average molecular weight is 318 g/mol.